The van der Waals surface area contributed by atoms with E-state index in [0.717, 1.165) is 37.7 Å². The first-order valence-electron chi connectivity index (χ1n) is 7.82. The van der Waals surface area contributed by atoms with Crippen molar-refractivity contribution in [1.82, 2.24) is 0 Å². The van der Waals surface area contributed by atoms with Crippen molar-refractivity contribution in [3.8, 4) is 6.07 Å². The second-order valence-electron chi connectivity index (χ2n) is 7.48. The fraction of sp³-hybridized carbons (Fsp3) is 0.706. The topological polar surface area (TPSA) is 73.9 Å². The highest BCUT2D eigenvalue weighted by molar-refractivity contribution is 6.01. The van der Waals surface area contributed by atoms with Gasteiger partial charge < -0.3 is 4.74 Å². The van der Waals surface area contributed by atoms with Gasteiger partial charge in [-0.1, -0.05) is 33.1 Å². The summed E-state index contributed by atoms with van der Waals surface area (Å²) in [6.45, 7) is 4.12. The summed E-state index contributed by atoms with van der Waals surface area (Å²) in [4.78, 5) is 12.8. The summed E-state index contributed by atoms with van der Waals surface area (Å²) in [7, 11) is 0. The highest BCUT2D eigenvalue weighted by Crippen LogP contribution is 2.56. The van der Waals surface area contributed by atoms with Crippen molar-refractivity contribution in [1.29, 1.82) is 10.7 Å². The molecular formula is C17H22N2O2. The molecule has 1 saturated carbocycles. The predicted octanol–water partition coefficient (Wildman–Crippen LogP) is 3.73. The molecule has 0 amide bonds. The van der Waals surface area contributed by atoms with Crippen molar-refractivity contribution >= 4 is 11.7 Å². The van der Waals surface area contributed by atoms with Gasteiger partial charge in [-0.25, -0.2) is 0 Å². The summed E-state index contributed by atoms with van der Waals surface area (Å²) in [6, 6.07) is 2.25. The van der Waals surface area contributed by atoms with E-state index in [4.69, 9.17) is 10.1 Å². The van der Waals surface area contributed by atoms with Crippen LogP contribution in [0.1, 0.15) is 58.8 Å². The summed E-state index contributed by atoms with van der Waals surface area (Å²) >= 11 is 0. The maximum atomic E-state index is 12.8. The molecule has 0 saturated heterocycles. The number of nitrogens with zero attached hydrogens (tertiary/aromatic N) is 1. The summed E-state index contributed by atoms with van der Waals surface area (Å²) in [5.41, 5.74) is 0.181. The lowest BCUT2D eigenvalue weighted by molar-refractivity contribution is -0.120. The number of carbonyl (C=O) groups is 1. The molecule has 112 valence electrons. The Morgan fingerprint density at radius 3 is 2.52 bits per heavy atom. The molecule has 1 fully saturated rings. The largest absolute Gasteiger partial charge is 0.446 e. The Balaban J connectivity index is 2.15. The molecule has 1 aliphatic heterocycles. The van der Waals surface area contributed by atoms with Crippen molar-refractivity contribution in [2.75, 3.05) is 0 Å². The molecule has 0 aromatic heterocycles. The molecule has 0 aromatic rings. The first-order chi connectivity index (χ1) is 9.89. The van der Waals surface area contributed by atoms with Crippen LogP contribution in [0.25, 0.3) is 0 Å². The van der Waals surface area contributed by atoms with Crippen LogP contribution in [0.3, 0.4) is 0 Å². The lowest BCUT2D eigenvalue weighted by atomic mass is 9.57. The van der Waals surface area contributed by atoms with Gasteiger partial charge in [-0.05, 0) is 18.3 Å². The molecule has 1 spiro atoms. The van der Waals surface area contributed by atoms with Crippen LogP contribution in [0.2, 0.25) is 0 Å². The van der Waals surface area contributed by atoms with Crippen LogP contribution in [0.15, 0.2) is 11.3 Å². The first kappa shape index (κ1) is 14.3. The molecular weight excluding hydrogens is 264 g/mol. The predicted molar refractivity (Wildman–Crippen MR) is 78.5 cm³/mol. The lowest BCUT2D eigenvalue weighted by Crippen LogP contribution is -2.48. The molecule has 0 aromatic carbocycles. The van der Waals surface area contributed by atoms with Crippen LogP contribution >= 0.6 is 0 Å². The van der Waals surface area contributed by atoms with Gasteiger partial charge in [0.25, 0.3) is 0 Å². The molecule has 4 nitrogen and oxygen atoms in total. The van der Waals surface area contributed by atoms with E-state index in [1.54, 1.807) is 0 Å². The van der Waals surface area contributed by atoms with Crippen LogP contribution in [0.4, 0.5) is 0 Å². The van der Waals surface area contributed by atoms with Gasteiger partial charge in [0, 0.05) is 23.8 Å². The van der Waals surface area contributed by atoms with Gasteiger partial charge in [0.1, 0.15) is 11.7 Å². The summed E-state index contributed by atoms with van der Waals surface area (Å²) < 4.78 is 5.65. The number of rotatable bonds is 0. The number of allylic oxidation sites excluding steroid dienone is 2. The van der Waals surface area contributed by atoms with Crippen LogP contribution < -0.4 is 0 Å². The number of nitriles is 1. The van der Waals surface area contributed by atoms with Gasteiger partial charge >= 0.3 is 0 Å². The smallest absolute Gasteiger partial charge is 0.205 e. The second-order valence-corrected chi connectivity index (χ2v) is 7.48. The Kier molecular flexibility index (Phi) is 3.20. The fourth-order valence-corrected chi connectivity index (χ4v) is 4.40. The maximum Gasteiger partial charge on any atom is 0.205 e. The standard InChI is InChI=1S/C17H22N2O2/c1-16(2)8-12(20)14-13(9-16)21-15(19)11(10-18)17(14)6-4-3-5-7-17/h11,19H,3-9H2,1-2H3. The third-order valence-electron chi connectivity index (χ3n) is 5.26. The molecule has 0 radical (unpaired) electrons. The summed E-state index contributed by atoms with van der Waals surface area (Å²) in [5, 5.41) is 17.7. The van der Waals surface area contributed by atoms with E-state index in [0.29, 0.717) is 18.6 Å². The zero-order valence-corrected chi connectivity index (χ0v) is 12.8. The van der Waals surface area contributed by atoms with Crippen LogP contribution in [-0.4, -0.2) is 11.7 Å². The third-order valence-corrected chi connectivity index (χ3v) is 5.26. The number of ether oxygens (including phenoxy) is 1. The first-order valence-corrected chi connectivity index (χ1v) is 7.82. The molecule has 3 rings (SSSR count). The van der Waals surface area contributed by atoms with Crippen molar-refractivity contribution in [2.45, 2.75) is 58.8 Å². The Morgan fingerprint density at radius 1 is 1.24 bits per heavy atom. The minimum atomic E-state index is -0.596. The molecule has 1 heterocycles. The van der Waals surface area contributed by atoms with E-state index in [1.165, 1.54) is 0 Å². The van der Waals surface area contributed by atoms with E-state index < -0.39 is 11.3 Å². The highest BCUT2D eigenvalue weighted by Gasteiger charge is 2.55. The fourth-order valence-electron chi connectivity index (χ4n) is 4.40. The second kappa shape index (κ2) is 4.69. The van der Waals surface area contributed by atoms with Gasteiger partial charge in [0.2, 0.25) is 5.90 Å². The summed E-state index contributed by atoms with van der Waals surface area (Å²) in [5.74, 6) is 0.260. The molecule has 2 aliphatic carbocycles. The van der Waals surface area contributed by atoms with Crippen LogP contribution in [0.5, 0.6) is 0 Å². The molecule has 1 unspecified atom stereocenters. The van der Waals surface area contributed by atoms with E-state index >= 15 is 0 Å². The number of Topliss-reactive ketones (excluding diaryl/α,β-unsaturated/α-hetero) is 1. The number of nitrogens with one attached hydrogen (secondary N) is 1. The molecule has 21 heavy (non-hydrogen) atoms. The van der Waals surface area contributed by atoms with E-state index in [1.807, 2.05) is 0 Å². The quantitative estimate of drug-likeness (QED) is 0.737. The zero-order valence-electron chi connectivity index (χ0n) is 12.8. The van der Waals surface area contributed by atoms with Crippen LogP contribution in [-0.2, 0) is 9.53 Å². The Morgan fingerprint density at radius 2 is 1.90 bits per heavy atom. The number of fused-ring (bicyclic) bond motifs is 1. The van der Waals surface area contributed by atoms with Crippen molar-refractivity contribution in [2.24, 2.45) is 16.7 Å². The van der Waals surface area contributed by atoms with Gasteiger partial charge in [-0.2, -0.15) is 5.26 Å². The number of hydrogen-bond donors (Lipinski definition) is 1. The van der Waals surface area contributed by atoms with E-state index in [9.17, 15) is 10.1 Å². The minimum absolute atomic E-state index is 0.0450. The molecule has 0 bridgehead atoms. The molecule has 1 atom stereocenters. The van der Waals surface area contributed by atoms with Crippen molar-refractivity contribution in [3.63, 3.8) is 0 Å². The summed E-state index contributed by atoms with van der Waals surface area (Å²) in [6.07, 6.45) is 6.08. The number of ketones is 1. The third kappa shape index (κ3) is 2.10. The Bertz CT molecular complexity index is 574. The number of hydrogen-bond acceptors (Lipinski definition) is 4. The van der Waals surface area contributed by atoms with Gasteiger partial charge in [-0.15, -0.1) is 0 Å². The molecule has 3 aliphatic rings. The van der Waals surface area contributed by atoms with Gasteiger partial charge in [0.05, 0.1) is 6.07 Å². The Hall–Kier alpha value is -1.63. The number of carbonyl (C=O) groups excluding carboxylic acids is 1. The SMILES string of the molecule is CC1(C)CC(=O)C2=C(C1)OC(=N)C(C#N)C21CCCCC1. The monoisotopic (exact) mass is 286 g/mol. The maximum absolute atomic E-state index is 12.8. The molecule has 1 N–H and O–H groups in total. The van der Waals surface area contributed by atoms with Gasteiger partial charge in [-0.3, -0.25) is 10.2 Å². The lowest BCUT2D eigenvalue weighted by Gasteiger charge is -2.48. The minimum Gasteiger partial charge on any atom is -0.446 e. The average molecular weight is 286 g/mol. The highest BCUT2D eigenvalue weighted by atomic mass is 16.5. The van der Waals surface area contributed by atoms with E-state index in [2.05, 4.69) is 19.9 Å². The van der Waals surface area contributed by atoms with Crippen LogP contribution in [0, 0.1) is 33.5 Å². The van der Waals surface area contributed by atoms with Gasteiger partial charge in [0.15, 0.2) is 5.78 Å². The van der Waals surface area contributed by atoms with E-state index in [-0.39, 0.29) is 17.1 Å². The Labute approximate surface area is 125 Å². The molecule has 4 heteroatoms. The average Bonchev–Trinajstić information content (AvgIpc) is 2.37. The normalized spacial score (nSPS) is 30.6. The zero-order chi connectivity index (χ0) is 15.3. The van der Waals surface area contributed by atoms with Crippen molar-refractivity contribution in [3.05, 3.63) is 11.3 Å². The van der Waals surface area contributed by atoms with Crippen molar-refractivity contribution < 1.29 is 9.53 Å².